The Hall–Kier alpha value is -1.15. The molecule has 0 radical (unpaired) electrons. The molecular weight excluding hydrogens is 316 g/mol. The summed E-state index contributed by atoms with van der Waals surface area (Å²) in [7, 11) is -3.49. The molecule has 130 valence electrons. The van der Waals surface area contributed by atoms with E-state index in [4.69, 9.17) is 4.74 Å². The van der Waals surface area contributed by atoms with E-state index in [0.717, 1.165) is 25.9 Å². The van der Waals surface area contributed by atoms with E-state index in [1.165, 1.54) is 0 Å². The molecule has 1 atom stereocenters. The Morgan fingerprint density at radius 3 is 2.74 bits per heavy atom. The topological polar surface area (TPSA) is 78.9 Å². The van der Waals surface area contributed by atoms with Gasteiger partial charge in [-0.05, 0) is 56.5 Å². The van der Waals surface area contributed by atoms with E-state index in [-0.39, 0.29) is 11.5 Å². The minimum Gasteiger partial charge on any atom is -0.494 e. The second kappa shape index (κ2) is 8.63. The summed E-state index contributed by atoms with van der Waals surface area (Å²) in [6.45, 7) is 5.46. The van der Waals surface area contributed by atoms with Gasteiger partial charge in [0.15, 0.2) is 0 Å². The maximum absolute atomic E-state index is 12.3. The van der Waals surface area contributed by atoms with Gasteiger partial charge in [0.25, 0.3) is 0 Å². The molecule has 0 saturated carbocycles. The van der Waals surface area contributed by atoms with Gasteiger partial charge in [-0.25, -0.2) is 13.1 Å². The number of nitrogens with one attached hydrogen (secondary N) is 1. The van der Waals surface area contributed by atoms with Crippen LogP contribution < -0.4 is 9.46 Å². The standard InChI is InChI=1S/C16H26N2O4S/c1-2-22-15-5-7-16(8-6-15)23(20,21)17-9-11-18-10-3-4-14(12-18)13-19/h5-8,14,17,19H,2-4,9-13H2,1H3/t14-/m0/s1. The third kappa shape index (κ3) is 5.46. The Balaban J connectivity index is 1.83. The molecule has 1 aromatic rings. The summed E-state index contributed by atoms with van der Waals surface area (Å²) >= 11 is 0. The highest BCUT2D eigenvalue weighted by atomic mass is 32.2. The van der Waals surface area contributed by atoms with Gasteiger partial charge in [-0.2, -0.15) is 0 Å². The smallest absolute Gasteiger partial charge is 0.240 e. The molecule has 0 amide bonds. The van der Waals surface area contributed by atoms with Crippen LogP contribution in [0.15, 0.2) is 29.2 Å². The Kier molecular flexibility index (Phi) is 6.83. The fraction of sp³-hybridized carbons (Fsp3) is 0.625. The van der Waals surface area contributed by atoms with Crippen LogP contribution >= 0.6 is 0 Å². The van der Waals surface area contributed by atoms with E-state index in [1.54, 1.807) is 24.3 Å². The second-order valence-corrected chi connectivity index (χ2v) is 7.56. The van der Waals surface area contributed by atoms with Crippen LogP contribution in [-0.2, 0) is 10.0 Å². The number of benzene rings is 1. The van der Waals surface area contributed by atoms with E-state index < -0.39 is 10.0 Å². The Bertz CT molecular complexity index is 574. The fourth-order valence-corrected chi connectivity index (χ4v) is 3.83. The van der Waals surface area contributed by atoms with Crippen LogP contribution in [0.3, 0.4) is 0 Å². The minimum atomic E-state index is -3.49. The lowest BCUT2D eigenvalue weighted by Gasteiger charge is -2.31. The highest BCUT2D eigenvalue weighted by Crippen LogP contribution is 2.17. The van der Waals surface area contributed by atoms with Gasteiger partial charge in [0, 0.05) is 26.2 Å². The van der Waals surface area contributed by atoms with Crippen LogP contribution in [0.1, 0.15) is 19.8 Å². The summed E-state index contributed by atoms with van der Waals surface area (Å²) in [4.78, 5) is 2.44. The van der Waals surface area contributed by atoms with E-state index in [1.807, 2.05) is 6.92 Å². The minimum absolute atomic E-state index is 0.203. The second-order valence-electron chi connectivity index (χ2n) is 5.79. The molecule has 0 unspecified atom stereocenters. The van der Waals surface area contributed by atoms with Crippen molar-refractivity contribution in [1.29, 1.82) is 0 Å². The van der Waals surface area contributed by atoms with E-state index in [2.05, 4.69) is 9.62 Å². The quantitative estimate of drug-likeness (QED) is 0.739. The van der Waals surface area contributed by atoms with Gasteiger partial charge in [-0.3, -0.25) is 0 Å². The molecule has 1 aliphatic heterocycles. The SMILES string of the molecule is CCOc1ccc(S(=O)(=O)NCCN2CCC[C@H](CO)C2)cc1. The molecule has 1 saturated heterocycles. The molecule has 0 bridgehead atoms. The zero-order valence-corrected chi connectivity index (χ0v) is 14.4. The van der Waals surface area contributed by atoms with Crippen LogP contribution in [0.5, 0.6) is 5.75 Å². The Morgan fingerprint density at radius 2 is 2.09 bits per heavy atom. The molecule has 0 spiro atoms. The van der Waals surface area contributed by atoms with Gasteiger partial charge >= 0.3 is 0 Å². The maximum Gasteiger partial charge on any atom is 0.240 e. The summed E-state index contributed by atoms with van der Waals surface area (Å²) in [6, 6.07) is 6.43. The van der Waals surface area contributed by atoms with Gasteiger partial charge in [0.05, 0.1) is 11.5 Å². The number of ether oxygens (including phenoxy) is 1. The molecule has 23 heavy (non-hydrogen) atoms. The molecule has 7 heteroatoms. The molecule has 1 fully saturated rings. The van der Waals surface area contributed by atoms with Crippen molar-refractivity contribution < 1.29 is 18.3 Å². The van der Waals surface area contributed by atoms with Crippen molar-refractivity contribution in [2.45, 2.75) is 24.7 Å². The predicted molar refractivity (Wildman–Crippen MR) is 89.0 cm³/mol. The molecule has 1 aliphatic rings. The van der Waals surface area contributed by atoms with Gasteiger partial charge in [-0.15, -0.1) is 0 Å². The number of aliphatic hydroxyl groups excluding tert-OH is 1. The molecular formula is C16H26N2O4S. The Morgan fingerprint density at radius 1 is 1.35 bits per heavy atom. The number of piperidine rings is 1. The van der Waals surface area contributed by atoms with Crippen LogP contribution in [-0.4, -0.2) is 57.8 Å². The lowest BCUT2D eigenvalue weighted by molar-refractivity contribution is 0.122. The molecule has 6 nitrogen and oxygen atoms in total. The number of aliphatic hydroxyl groups is 1. The normalized spacial score (nSPS) is 19.7. The number of hydrogen-bond acceptors (Lipinski definition) is 5. The van der Waals surface area contributed by atoms with Crippen molar-refractivity contribution in [1.82, 2.24) is 9.62 Å². The van der Waals surface area contributed by atoms with Crippen LogP contribution in [0.2, 0.25) is 0 Å². The maximum atomic E-state index is 12.3. The van der Waals surface area contributed by atoms with Crippen molar-refractivity contribution in [2.75, 3.05) is 39.4 Å². The number of sulfonamides is 1. The molecule has 0 aliphatic carbocycles. The number of hydrogen-bond donors (Lipinski definition) is 2. The first-order chi connectivity index (χ1) is 11.0. The fourth-order valence-electron chi connectivity index (χ4n) is 2.81. The van der Waals surface area contributed by atoms with Crippen LogP contribution in [0.25, 0.3) is 0 Å². The first kappa shape index (κ1) is 18.2. The lowest BCUT2D eigenvalue weighted by atomic mass is 9.99. The Labute approximate surface area is 138 Å². The van der Waals surface area contributed by atoms with Crippen molar-refractivity contribution >= 4 is 10.0 Å². The predicted octanol–water partition coefficient (Wildman–Crippen LogP) is 1.07. The summed E-state index contributed by atoms with van der Waals surface area (Å²) in [5.74, 6) is 0.973. The monoisotopic (exact) mass is 342 g/mol. The van der Waals surface area contributed by atoms with Crippen molar-refractivity contribution in [3.8, 4) is 5.75 Å². The zero-order valence-electron chi connectivity index (χ0n) is 13.6. The van der Waals surface area contributed by atoms with Crippen molar-refractivity contribution in [3.63, 3.8) is 0 Å². The third-order valence-electron chi connectivity index (χ3n) is 4.03. The van der Waals surface area contributed by atoms with Crippen molar-refractivity contribution in [2.24, 2.45) is 5.92 Å². The van der Waals surface area contributed by atoms with E-state index >= 15 is 0 Å². The summed E-state index contributed by atoms with van der Waals surface area (Å²) in [6.07, 6.45) is 2.10. The van der Waals surface area contributed by atoms with Gasteiger partial charge < -0.3 is 14.7 Å². The molecule has 1 heterocycles. The van der Waals surface area contributed by atoms with Gasteiger partial charge in [0.2, 0.25) is 10.0 Å². The third-order valence-corrected chi connectivity index (χ3v) is 5.50. The average molecular weight is 342 g/mol. The van der Waals surface area contributed by atoms with Gasteiger partial charge in [-0.1, -0.05) is 0 Å². The van der Waals surface area contributed by atoms with Crippen molar-refractivity contribution in [3.05, 3.63) is 24.3 Å². The summed E-state index contributed by atoms with van der Waals surface area (Å²) < 4.78 is 32.5. The highest BCUT2D eigenvalue weighted by molar-refractivity contribution is 7.89. The summed E-state index contributed by atoms with van der Waals surface area (Å²) in [5, 5.41) is 9.22. The van der Waals surface area contributed by atoms with Gasteiger partial charge in [0.1, 0.15) is 5.75 Å². The van der Waals surface area contributed by atoms with E-state index in [0.29, 0.717) is 31.4 Å². The summed E-state index contributed by atoms with van der Waals surface area (Å²) in [5.41, 5.74) is 0. The number of likely N-dealkylation sites (tertiary alicyclic amines) is 1. The molecule has 1 aromatic carbocycles. The highest BCUT2D eigenvalue weighted by Gasteiger charge is 2.20. The van der Waals surface area contributed by atoms with E-state index in [9.17, 15) is 13.5 Å². The number of nitrogens with zero attached hydrogens (tertiary/aromatic N) is 1. The first-order valence-corrected chi connectivity index (χ1v) is 9.59. The molecule has 0 aromatic heterocycles. The zero-order chi connectivity index (χ0) is 16.7. The van der Waals surface area contributed by atoms with Crippen LogP contribution in [0.4, 0.5) is 0 Å². The average Bonchev–Trinajstić information content (AvgIpc) is 2.56. The largest absolute Gasteiger partial charge is 0.494 e. The lowest BCUT2D eigenvalue weighted by Crippen LogP contribution is -2.41. The number of rotatable bonds is 8. The molecule has 2 rings (SSSR count). The molecule has 2 N–H and O–H groups in total. The first-order valence-electron chi connectivity index (χ1n) is 8.11. The van der Waals surface area contributed by atoms with Crippen LogP contribution in [0, 0.1) is 5.92 Å².